The molecule has 0 aliphatic rings. The third-order valence-electron chi connectivity index (χ3n) is 3.10. The molecule has 3 aromatic heterocycles. The Kier molecular flexibility index (Phi) is 4.70. The number of rotatable bonds is 5. The highest BCUT2D eigenvalue weighted by molar-refractivity contribution is 9.10. The Bertz CT molecular complexity index is 741. The molecule has 0 saturated carbocycles. The van der Waals surface area contributed by atoms with Crippen LogP contribution in [-0.2, 0) is 13.1 Å². The van der Waals surface area contributed by atoms with Crippen molar-refractivity contribution in [3.63, 3.8) is 0 Å². The van der Waals surface area contributed by atoms with E-state index in [-0.39, 0.29) is 5.91 Å². The minimum atomic E-state index is -0.150. The van der Waals surface area contributed by atoms with E-state index in [0.29, 0.717) is 23.5 Å². The van der Waals surface area contributed by atoms with Gasteiger partial charge in [-0.3, -0.25) is 9.78 Å². The molecule has 112 valence electrons. The second-order valence-corrected chi connectivity index (χ2v) is 6.28. The highest BCUT2D eigenvalue weighted by Gasteiger charge is 2.20. The van der Waals surface area contributed by atoms with Crippen molar-refractivity contribution < 1.29 is 9.21 Å². The summed E-state index contributed by atoms with van der Waals surface area (Å²) in [6.07, 6.45) is 1.73. The van der Waals surface area contributed by atoms with Gasteiger partial charge in [0.15, 0.2) is 10.4 Å². The van der Waals surface area contributed by atoms with E-state index in [4.69, 9.17) is 4.42 Å². The summed E-state index contributed by atoms with van der Waals surface area (Å²) >= 11 is 4.84. The van der Waals surface area contributed by atoms with Crippen molar-refractivity contribution in [1.82, 2.24) is 9.88 Å². The summed E-state index contributed by atoms with van der Waals surface area (Å²) in [4.78, 5) is 18.7. The van der Waals surface area contributed by atoms with E-state index in [1.54, 1.807) is 34.6 Å². The Labute approximate surface area is 140 Å². The van der Waals surface area contributed by atoms with Gasteiger partial charge in [0.05, 0.1) is 12.2 Å². The molecule has 3 heterocycles. The molecule has 0 atom stereocenters. The fraction of sp³-hybridized carbons (Fsp3) is 0.125. The van der Waals surface area contributed by atoms with Crippen LogP contribution in [0.3, 0.4) is 0 Å². The van der Waals surface area contributed by atoms with Gasteiger partial charge < -0.3 is 9.32 Å². The first kappa shape index (κ1) is 15.0. The van der Waals surface area contributed by atoms with Crippen molar-refractivity contribution in [2.24, 2.45) is 0 Å². The van der Waals surface area contributed by atoms with Crippen LogP contribution in [0.15, 0.2) is 62.4 Å². The second kappa shape index (κ2) is 6.89. The average Bonchev–Trinajstić information content (AvgIpc) is 3.18. The standard InChI is InChI=1S/C16H13BrN2O2S/c17-15-5-4-14(21-15)16(20)19(9-12-6-8-22-11-12)10-13-3-1-2-7-18-13/h1-8,11H,9-10H2. The van der Waals surface area contributed by atoms with E-state index < -0.39 is 0 Å². The molecule has 4 nitrogen and oxygen atoms in total. The number of amides is 1. The highest BCUT2D eigenvalue weighted by atomic mass is 79.9. The van der Waals surface area contributed by atoms with Crippen molar-refractivity contribution in [3.05, 3.63) is 75.0 Å². The van der Waals surface area contributed by atoms with Crippen LogP contribution in [0.4, 0.5) is 0 Å². The monoisotopic (exact) mass is 376 g/mol. The van der Waals surface area contributed by atoms with Crippen LogP contribution in [0.2, 0.25) is 0 Å². The molecule has 0 aliphatic carbocycles. The molecule has 0 aliphatic heterocycles. The number of pyridine rings is 1. The Hall–Kier alpha value is -1.92. The first-order chi connectivity index (χ1) is 10.7. The van der Waals surface area contributed by atoms with Crippen molar-refractivity contribution in [2.75, 3.05) is 0 Å². The van der Waals surface area contributed by atoms with Crippen molar-refractivity contribution in [3.8, 4) is 0 Å². The number of halogens is 1. The molecule has 22 heavy (non-hydrogen) atoms. The van der Waals surface area contributed by atoms with Gasteiger partial charge in [-0.25, -0.2) is 0 Å². The summed E-state index contributed by atoms with van der Waals surface area (Å²) < 4.78 is 5.94. The topological polar surface area (TPSA) is 46.3 Å². The van der Waals surface area contributed by atoms with Crippen LogP contribution >= 0.6 is 27.3 Å². The lowest BCUT2D eigenvalue weighted by atomic mass is 10.2. The number of aromatic nitrogens is 1. The molecule has 0 N–H and O–H groups in total. The Morgan fingerprint density at radius 2 is 2.14 bits per heavy atom. The summed E-state index contributed by atoms with van der Waals surface area (Å²) in [7, 11) is 0. The fourth-order valence-corrected chi connectivity index (χ4v) is 3.04. The van der Waals surface area contributed by atoms with E-state index >= 15 is 0 Å². The van der Waals surface area contributed by atoms with E-state index in [9.17, 15) is 4.79 Å². The summed E-state index contributed by atoms with van der Waals surface area (Å²) in [5, 5.41) is 4.04. The Balaban J connectivity index is 1.83. The SMILES string of the molecule is O=C(c1ccc(Br)o1)N(Cc1ccsc1)Cc1ccccn1. The van der Waals surface area contributed by atoms with Gasteiger partial charge >= 0.3 is 0 Å². The van der Waals surface area contributed by atoms with Gasteiger partial charge in [-0.1, -0.05) is 6.07 Å². The van der Waals surface area contributed by atoms with Crippen molar-refractivity contribution in [2.45, 2.75) is 13.1 Å². The molecular formula is C16H13BrN2O2S. The zero-order valence-electron chi connectivity index (χ0n) is 11.6. The predicted octanol–water partition coefficient (Wildman–Crippen LogP) is 4.34. The molecule has 6 heteroatoms. The third kappa shape index (κ3) is 3.64. The van der Waals surface area contributed by atoms with Crippen molar-refractivity contribution >= 4 is 33.2 Å². The van der Waals surface area contributed by atoms with Crippen molar-refractivity contribution in [1.29, 1.82) is 0 Å². The quantitative estimate of drug-likeness (QED) is 0.665. The lowest BCUT2D eigenvalue weighted by Crippen LogP contribution is -2.30. The van der Waals surface area contributed by atoms with E-state index in [1.807, 2.05) is 35.0 Å². The molecule has 3 rings (SSSR count). The average molecular weight is 377 g/mol. The van der Waals surface area contributed by atoms with Gasteiger partial charge in [0.1, 0.15) is 0 Å². The minimum absolute atomic E-state index is 0.150. The number of furan rings is 1. The largest absolute Gasteiger partial charge is 0.444 e. The van der Waals surface area contributed by atoms with Crippen LogP contribution < -0.4 is 0 Å². The molecule has 3 aromatic rings. The molecule has 0 bridgehead atoms. The van der Waals surface area contributed by atoms with E-state index in [2.05, 4.69) is 20.9 Å². The molecule has 0 fully saturated rings. The lowest BCUT2D eigenvalue weighted by molar-refractivity contribution is 0.0694. The fourth-order valence-electron chi connectivity index (χ4n) is 2.07. The number of nitrogens with zero attached hydrogens (tertiary/aromatic N) is 2. The van der Waals surface area contributed by atoms with Gasteiger partial charge in [0, 0.05) is 12.7 Å². The molecular weight excluding hydrogens is 364 g/mol. The summed E-state index contributed by atoms with van der Waals surface area (Å²) in [6, 6.07) is 11.1. The zero-order valence-corrected chi connectivity index (χ0v) is 14.0. The Morgan fingerprint density at radius 3 is 2.77 bits per heavy atom. The second-order valence-electron chi connectivity index (χ2n) is 4.72. The number of thiophene rings is 1. The molecule has 0 unspecified atom stereocenters. The van der Waals surface area contributed by atoms with Crippen LogP contribution in [0, 0.1) is 0 Å². The van der Waals surface area contributed by atoms with Gasteiger partial charge in [-0.15, -0.1) is 0 Å². The number of carbonyl (C=O) groups is 1. The van der Waals surface area contributed by atoms with Crippen LogP contribution in [-0.4, -0.2) is 15.8 Å². The number of hydrogen-bond acceptors (Lipinski definition) is 4. The summed E-state index contributed by atoms with van der Waals surface area (Å²) in [5.41, 5.74) is 1.94. The van der Waals surface area contributed by atoms with Gasteiger partial charge in [-0.2, -0.15) is 11.3 Å². The highest BCUT2D eigenvalue weighted by Crippen LogP contribution is 2.19. The summed E-state index contributed by atoms with van der Waals surface area (Å²) in [6.45, 7) is 0.963. The van der Waals surface area contributed by atoms with Gasteiger partial charge in [0.25, 0.3) is 5.91 Å². The van der Waals surface area contributed by atoms with Gasteiger partial charge in [0.2, 0.25) is 0 Å². The van der Waals surface area contributed by atoms with Crippen LogP contribution in [0.25, 0.3) is 0 Å². The molecule has 0 aromatic carbocycles. The molecule has 0 radical (unpaired) electrons. The zero-order chi connectivity index (χ0) is 15.4. The smallest absolute Gasteiger partial charge is 0.290 e. The first-order valence-electron chi connectivity index (χ1n) is 6.68. The molecule has 1 amide bonds. The van der Waals surface area contributed by atoms with Gasteiger partial charge in [-0.05, 0) is 62.6 Å². The van der Waals surface area contributed by atoms with E-state index in [0.717, 1.165) is 11.3 Å². The maximum absolute atomic E-state index is 12.7. The Morgan fingerprint density at radius 1 is 1.23 bits per heavy atom. The lowest BCUT2D eigenvalue weighted by Gasteiger charge is -2.20. The van der Waals surface area contributed by atoms with Crippen LogP contribution in [0.1, 0.15) is 21.8 Å². The molecule has 0 spiro atoms. The number of hydrogen-bond donors (Lipinski definition) is 0. The number of carbonyl (C=O) groups excluding carboxylic acids is 1. The van der Waals surface area contributed by atoms with E-state index in [1.165, 1.54) is 0 Å². The normalized spacial score (nSPS) is 10.6. The third-order valence-corrected chi connectivity index (χ3v) is 4.26. The van der Waals surface area contributed by atoms with Crippen LogP contribution in [0.5, 0.6) is 0 Å². The predicted molar refractivity (Wildman–Crippen MR) is 88.5 cm³/mol. The summed E-state index contributed by atoms with van der Waals surface area (Å²) in [5.74, 6) is 0.167. The minimum Gasteiger partial charge on any atom is -0.444 e. The first-order valence-corrected chi connectivity index (χ1v) is 8.41. The molecule has 0 saturated heterocycles. The maximum atomic E-state index is 12.7. The maximum Gasteiger partial charge on any atom is 0.290 e.